The first-order valence-corrected chi connectivity index (χ1v) is 8.85. The second-order valence-electron chi connectivity index (χ2n) is 6.09. The zero-order valence-electron chi connectivity index (χ0n) is 15.2. The van der Waals surface area contributed by atoms with Crippen molar-refractivity contribution in [2.24, 2.45) is 7.05 Å². The third-order valence-corrected chi connectivity index (χ3v) is 4.96. The summed E-state index contributed by atoms with van der Waals surface area (Å²) in [5.41, 5.74) is 6.29. The van der Waals surface area contributed by atoms with E-state index in [4.69, 9.17) is 11.6 Å². The third kappa shape index (κ3) is 3.81. The molecule has 1 amide bonds. The first kappa shape index (κ1) is 18.5. The van der Waals surface area contributed by atoms with Crippen LogP contribution in [0.1, 0.15) is 48.3 Å². The van der Waals surface area contributed by atoms with Gasteiger partial charge in [0, 0.05) is 29.9 Å². The van der Waals surface area contributed by atoms with E-state index in [1.807, 2.05) is 37.7 Å². The van der Waals surface area contributed by atoms with Gasteiger partial charge >= 0.3 is 0 Å². The second kappa shape index (κ2) is 7.84. The highest BCUT2D eigenvalue weighted by Crippen LogP contribution is 2.29. The van der Waals surface area contributed by atoms with Crippen LogP contribution in [0.3, 0.4) is 0 Å². The van der Waals surface area contributed by atoms with Gasteiger partial charge in [0.15, 0.2) is 0 Å². The van der Waals surface area contributed by atoms with E-state index < -0.39 is 0 Å². The lowest BCUT2D eigenvalue weighted by molar-refractivity contribution is -0.116. The van der Waals surface area contributed by atoms with E-state index in [1.165, 1.54) is 0 Å². The molecule has 0 fully saturated rings. The van der Waals surface area contributed by atoms with Crippen molar-refractivity contribution in [2.75, 3.05) is 5.32 Å². The topological polar surface area (TPSA) is 46.9 Å². The van der Waals surface area contributed by atoms with Crippen LogP contribution < -0.4 is 5.32 Å². The van der Waals surface area contributed by atoms with Crippen LogP contribution in [0, 0.1) is 13.8 Å². The molecule has 1 N–H and O–H groups in total. The van der Waals surface area contributed by atoms with E-state index in [2.05, 4.69) is 24.3 Å². The normalized spacial score (nSPS) is 10.9. The minimum Gasteiger partial charge on any atom is -0.326 e. The minimum absolute atomic E-state index is 0.0179. The lowest BCUT2D eigenvalue weighted by Crippen LogP contribution is -2.15. The van der Waals surface area contributed by atoms with E-state index in [9.17, 15) is 4.79 Å². The second-order valence-corrected chi connectivity index (χ2v) is 6.50. The summed E-state index contributed by atoms with van der Waals surface area (Å²) in [6.45, 7) is 8.16. The van der Waals surface area contributed by atoms with Crippen LogP contribution in [0.2, 0.25) is 5.02 Å². The fraction of sp³-hybridized carbons (Fsp3) is 0.474. The zero-order chi connectivity index (χ0) is 17.9. The Kier molecular flexibility index (Phi) is 6.05. The highest BCUT2D eigenvalue weighted by atomic mass is 35.5. The van der Waals surface area contributed by atoms with Gasteiger partial charge in [-0.05, 0) is 55.9 Å². The first-order chi connectivity index (χ1) is 11.4. The number of halogens is 1. The molecular weight excluding hydrogens is 322 g/mol. The third-order valence-electron chi connectivity index (χ3n) is 4.60. The number of anilines is 1. The number of carbonyl (C=O) groups excluding carboxylic acids is 1. The molecule has 1 heterocycles. The largest absolute Gasteiger partial charge is 0.326 e. The summed E-state index contributed by atoms with van der Waals surface area (Å²) in [5, 5.41) is 8.21. The van der Waals surface area contributed by atoms with Crippen LogP contribution in [0.4, 0.5) is 5.69 Å². The van der Waals surface area contributed by atoms with Crippen LogP contribution in [-0.2, 0) is 31.1 Å². The Morgan fingerprint density at radius 2 is 1.92 bits per heavy atom. The molecule has 1 aromatic carbocycles. The van der Waals surface area contributed by atoms with Gasteiger partial charge in [0.05, 0.1) is 5.69 Å². The van der Waals surface area contributed by atoms with Gasteiger partial charge in [0.1, 0.15) is 0 Å². The first-order valence-electron chi connectivity index (χ1n) is 8.48. The quantitative estimate of drug-likeness (QED) is 0.842. The summed E-state index contributed by atoms with van der Waals surface area (Å²) in [5.74, 6) is 0.0179. The lowest BCUT2D eigenvalue weighted by atomic mass is 10.0. The van der Waals surface area contributed by atoms with Crippen LogP contribution in [0.5, 0.6) is 0 Å². The summed E-state index contributed by atoms with van der Waals surface area (Å²) < 4.78 is 1.86. The Labute approximate surface area is 149 Å². The molecule has 5 heteroatoms. The van der Waals surface area contributed by atoms with Crippen molar-refractivity contribution < 1.29 is 4.79 Å². The highest BCUT2D eigenvalue weighted by Gasteiger charge is 2.15. The molecule has 0 saturated heterocycles. The predicted octanol–water partition coefficient (Wildman–Crippen LogP) is 4.39. The summed E-state index contributed by atoms with van der Waals surface area (Å²) in [7, 11) is 1.93. The van der Waals surface area contributed by atoms with Crippen molar-refractivity contribution >= 4 is 23.2 Å². The van der Waals surface area contributed by atoms with E-state index in [0.717, 1.165) is 46.6 Å². The molecule has 0 unspecified atom stereocenters. The number of rotatable bonds is 6. The molecule has 0 bridgehead atoms. The molecule has 130 valence electrons. The maximum atomic E-state index is 12.5. The zero-order valence-corrected chi connectivity index (χ0v) is 15.9. The Balaban J connectivity index is 2.14. The van der Waals surface area contributed by atoms with Crippen molar-refractivity contribution in [3.05, 3.63) is 45.2 Å². The number of hydrogen-bond donors (Lipinski definition) is 1. The van der Waals surface area contributed by atoms with Crippen LogP contribution in [-0.4, -0.2) is 15.7 Å². The standard InChI is InChI=1S/C19H26ClN3O/c1-6-14-8-10-17(20)15(7-2)19(14)21-18(24)11-9-16-12(3)22-23(5)13(16)4/h8,10H,6-7,9,11H2,1-5H3,(H,21,24). The summed E-state index contributed by atoms with van der Waals surface area (Å²) >= 11 is 6.30. The molecule has 4 nitrogen and oxygen atoms in total. The number of amides is 1. The Bertz CT molecular complexity index is 750. The Morgan fingerprint density at radius 1 is 1.21 bits per heavy atom. The SMILES string of the molecule is CCc1ccc(Cl)c(CC)c1NC(=O)CCc1c(C)nn(C)c1C. The van der Waals surface area contributed by atoms with E-state index >= 15 is 0 Å². The Hall–Kier alpha value is -1.81. The van der Waals surface area contributed by atoms with Crippen molar-refractivity contribution in [3.8, 4) is 0 Å². The van der Waals surface area contributed by atoms with Crippen LogP contribution in [0.25, 0.3) is 0 Å². The van der Waals surface area contributed by atoms with Crippen molar-refractivity contribution in [2.45, 2.75) is 53.4 Å². The fourth-order valence-corrected chi connectivity index (χ4v) is 3.38. The molecule has 0 aliphatic rings. The van der Waals surface area contributed by atoms with Gasteiger partial charge < -0.3 is 5.32 Å². The van der Waals surface area contributed by atoms with Crippen molar-refractivity contribution in [1.82, 2.24) is 9.78 Å². The molecule has 1 aromatic heterocycles. The van der Waals surface area contributed by atoms with E-state index in [-0.39, 0.29) is 5.91 Å². The van der Waals surface area contributed by atoms with Crippen LogP contribution in [0.15, 0.2) is 12.1 Å². The number of benzene rings is 1. The summed E-state index contributed by atoms with van der Waals surface area (Å²) in [4.78, 5) is 12.5. The number of nitrogens with one attached hydrogen (secondary N) is 1. The molecule has 0 radical (unpaired) electrons. The molecule has 0 saturated carbocycles. The molecule has 0 atom stereocenters. The lowest BCUT2D eigenvalue weighted by Gasteiger charge is -2.16. The van der Waals surface area contributed by atoms with Crippen molar-refractivity contribution in [3.63, 3.8) is 0 Å². The monoisotopic (exact) mass is 347 g/mol. The van der Waals surface area contributed by atoms with E-state index in [0.29, 0.717) is 17.9 Å². The average Bonchev–Trinajstić information content (AvgIpc) is 2.78. The molecular formula is C19H26ClN3O. The maximum Gasteiger partial charge on any atom is 0.224 e. The van der Waals surface area contributed by atoms with Gasteiger partial charge in [-0.15, -0.1) is 0 Å². The van der Waals surface area contributed by atoms with Crippen LogP contribution >= 0.6 is 11.6 Å². The molecule has 0 spiro atoms. The predicted molar refractivity (Wildman–Crippen MR) is 99.8 cm³/mol. The average molecular weight is 348 g/mol. The summed E-state index contributed by atoms with van der Waals surface area (Å²) in [6, 6.07) is 3.91. The maximum absolute atomic E-state index is 12.5. The fourth-order valence-electron chi connectivity index (χ4n) is 3.09. The number of hydrogen-bond acceptors (Lipinski definition) is 2. The van der Waals surface area contributed by atoms with Gasteiger partial charge in [-0.25, -0.2) is 0 Å². The Morgan fingerprint density at radius 3 is 2.46 bits per heavy atom. The smallest absolute Gasteiger partial charge is 0.224 e. The molecule has 2 rings (SSSR count). The minimum atomic E-state index is 0.0179. The number of carbonyl (C=O) groups is 1. The molecule has 0 aliphatic heterocycles. The molecule has 0 aliphatic carbocycles. The van der Waals surface area contributed by atoms with E-state index in [1.54, 1.807) is 0 Å². The van der Waals surface area contributed by atoms with Crippen molar-refractivity contribution in [1.29, 1.82) is 0 Å². The van der Waals surface area contributed by atoms with Gasteiger partial charge in [-0.3, -0.25) is 9.48 Å². The van der Waals surface area contributed by atoms with Gasteiger partial charge in [0.2, 0.25) is 5.91 Å². The van der Waals surface area contributed by atoms with Gasteiger partial charge in [-0.2, -0.15) is 5.10 Å². The van der Waals surface area contributed by atoms with Gasteiger partial charge in [0.25, 0.3) is 0 Å². The molecule has 24 heavy (non-hydrogen) atoms. The number of aryl methyl sites for hydroxylation is 3. The number of aromatic nitrogens is 2. The molecule has 2 aromatic rings. The van der Waals surface area contributed by atoms with Gasteiger partial charge in [-0.1, -0.05) is 31.5 Å². The summed E-state index contributed by atoms with van der Waals surface area (Å²) in [6.07, 6.45) is 2.79. The number of nitrogens with zero attached hydrogens (tertiary/aromatic N) is 2. The highest BCUT2D eigenvalue weighted by molar-refractivity contribution is 6.32.